The third kappa shape index (κ3) is 2.86. The van der Waals surface area contributed by atoms with Gasteiger partial charge >= 0.3 is 0 Å². The third-order valence-electron chi connectivity index (χ3n) is 3.54. The lowest BCUT2D eigenvalue weighted by Crippen LogP contribution is -2.27. The van der Waals surface area contributed by atoms with Gasteiger partial charge in [0.2, 0.25) is 5.95 Å². The van der Waals surface area contributed by atoms with Crippen molar-refractivity contribution in [3.8, 4) is 0 Å². The highest BCUT2D eigenvalue weighted by atomic mass is 19.1. The van der Waals surface area contributed by atoms with Crippen molar-refractivity contribution in [2.75, 3.05) is 11.9 Å². The van der Waals surface area contributed by atoms with Crippen molar-refractivity contribution in [2.45, 2.75) is 19.3 Å². The molecule has 0 bridgehead atoms. The van der Waals surface area contributed by atoms with E-state index in [9.17, 15) is 4.39 Å². The van der Waals surface area contributed by atoms with Gasteiger partial charge in [-0.1, -0.05) is 44.2 Å². The Morgan fingerprint density at radius 2 is 1.90 bits per heavy atom. The van der Waals surface area contributed by atoms with Crippen molar-refractivity contribution in [3.63, 3.8) is 0 Å². The second kappa shape index (κ2) is 5.16. The van der Waals surface area contributed by atoms with E-state index in [0.29, 0.717) is 18.1 Å². The van der Waals surface area contributed by atoms with E-state index in [-0.39, 0.29) is 11.2 Å². The minimum absolute atomic E-state index is 0.0516. The van der Waals surface area contributed by atoms with Crippen molar-refractivity contribution in [1.29, 1.82) is 0 Å². The lowest BCUT2D eigenvalue weighted by molar-refractivity contribution is 0.555. The Morgan fingerprint density at radius 3 is 2.67 bits per heavy atom. The molecule has 4 nitrogen and oxygen atoms in total. The Labute approximate surface area is 122 Å². The summed E-state index contributed by atoms with van der Waals surface area (Å²) in [5.74, 6) is 0.174. The fourth-order valence-corrected chi connectivity index (χ4v) is 2.22. The zero-order chi connectivity index (χ0) is 14.9. The number of aromatic nitrogens is 3. The highest BCUT2D eigenvalue weighted by molar-refractivity contribution is 5.43. The number of pyridine rings is 1. The predicted octanol–water partition coefficient (Wildman–Crippen LogP) is 3.26. The van der Waals surface area contributed by atoms with E-state index < -0.39 is 0 Å². The largest absolute Gasteiger partial charge is 0.352 e. The molecule has 0 amide bonds. The lowest BCUT2D eigenvalue weighted by atomic mass is 9.85. The van der Waals surface area contributed by atoms with Crippen LogP contribution < -0.4 is 5.32 Å². The van der Waals surface area contributed by atoms with Crippen molar-refractivity contribution in [3.05, 3.63) is 60.0 Å². The van der Waals surface area contributed by atoms with Crippen LogP contribution in [0.2, 0.25) is 0 Å². The quantitative estimate of drug-likeness (QED) is 0.799. The fraction of sp³-hybridized carbons (Fsp3) is 0.250. The molecule has 0 aliphatic heterocycles. The molecule has 3 rings (SSSR count). The van der Waals surface area contributed by atoms with Gasteiger partial charge in [-0.05, 0) is 17.7 Å². The predicted molar refractivity (Wildman–Crippen MR) is 80.9 cm³/mol. The van der Waals surface area contributed by atoms with Gasteiger partial charge in [0.1, 0.15) is 5.82 Å². The average molecular weight is 284 g/mol. The number of nitrogens with zero attached hydrogens (tertiary/aromatic N) is 3. The summed E-state index contributed by atoms with van der Waals surface area (Å²) >= 11 is 0. The molecular formula is C16H17FN4. The van der Waals surface area contributed by atoms with E-state index in [1.807, 2.05) is 18.2 Å². The number of halogens is 1. The minimum Gasteiger partial charge on any atom is -0.352 e. The topological polar surface area (TPSA) is 42.2 Å². The Balaban J connectivity index is 1.77. The average Bonchev–Trinajstić information content (AvgIpc) is 2.88. The molecule has 0 unspecified atom stereocenters. The molecule has 0 aliphatic rings. The van der Waals surface area contributed by atoms with E-state index in [4.69, 9.17) is 0 Å². The Kier molecular flexibility index (Phi) is 3.33. The molecule has 0 fully saturated rings. The fourth-order valence-electron chi connectivity index (χ4n) is 2.22. The number of rotatable bonds is 4. The summed E-state index contributed by atoms with van der Waals surface area (Å²) in [5.41, 5.74) is 1.81. The van der Waals surface area contributed by atoms with Gasteiger partial charge in [0.15, 0.2) is 5.65 Å². The van der Waals surface area contributed by atoms with Gasteiger partial charge < -0.3 is 5.32 Å². The lowest BCUT2D eigenvalue weighted by Gasteiger charge is -2.25. The van der Waals surface area contributed by atoms with E-state index in [0.717, 1.165) is 0 Å². The number of nitrogens with one attached hydrogen (secondary N) is 1. The van der Waals surface area contributed by atoms with E-state index >= 15 is 0 Å². The maximum absolute atomic E-state index is 13.1. The van der Waals surface area contributed by atoms with Gasteiger partial charge in [-0.15, -0.1) is 5.10 Å². The number of fused-ring (bicyclic) bond motifs is 1. The summed E-state index contributed by atoms with van der Waals surface area (Å²) in [4.78, 5) is 4.32. The van der Waals surface area contributed by atoms with E-state index in [1.165, 1.54) is 22.3 Å². The van der Waals surface area contributed by atoms with E-state index in [2.05, 4.69) is 41.4 Å². The molecule has 0 radical (unpaired) electrons. The summed E-state index contributed by atoms with van der Waals surface area (Å²) in [5, 5.41) is 7.45. The zero-order valence-corrected chi connectivity index (χ0v) is 12.0. The number of anilines is 1. The molecule has 0 spiro atoms. The molecule has 3 aromatic rings. The van der Waals surface area contributed by atoms with Gasteiger partial charge in [-0.25, -0.2) is 8.91 Å². The minimum atomic E-state index is -0.330. The maximum atomic E-state index is 13.1. The zero-order valence-electron chi connectivity index (χ0n) is 12.0. The summed E-state index contributed by atoms with van der Waals surface area (Å²) in [6.07, 6.45) is 1.32. The molecule has 21 heavy (non-hydrogen) atoms. The molecule has 1 aromatic carbocycles. The summed E-state index contributed by atoms with van der Waals surface area (Å²) < 4.78 is 14.6. The second-order valence-corrected chi connectivity index (χ2v) is 5.69. The molecule has 108 valence electrons. The first-order chi connectivity index (χ1) is 10.0. The van der Waals surface area contributed by atoms with Crippen LogP contribution in [0.4, 0.5) is 10.3 Å². The monoisotopic (exact) mass is 284 g/mol. The molecule has 0 atom stereocenters. The normalized spacial score (nSPS) is 11.8. The van der Waals surface area contributed by atoms with E-state index in [1.54, 1.807) is 6.07 Å². The Bertz CT molecular complexity index is 749. The van der Waals surface area contributed by atoms with Gasteiger partial charge in [-0.2, -0.15) is 4.98 Å². The highest BCUT2D eigenvalue weighted by Gasteiger charge is 2.20. The first-order valence-corrected chi connectivity index (χ1v) is 6.86. The van der Waals surface area contributed by atoms with Crippen LogP contribution >= 0.6 is 0 Å². The molecule has 5 heteroatoms. The second-order valence-electron chi connectivity index (χ2n) is 5.69. The van der Waals surface area contributed by atoms with Gasteiger partial charge in [0, 0.05) is 12.0 Å². The molecule has 2 aromatic heterocycles. The number of hydrogen-bond acceptors (Lipinski definition) is 3. The van der Waals surface area contributed by atoms with Crippen LogP contribution in [0.5, 0.6) is 0 Å². The highest BCUT2D eigenvalue weighted by Crippen LogP contribution is 2.23. The molecule has 0 aliphatic carbocycles. The molecule has 0 saturated carbocycles. The van der Waals surface area contributed by atoms with Crippen molar-refractivity contribution < 1.29 is 4.39 Å². The molecule has 1 N–H and O–H groups in total. The van der Waals surface area contributed by atoms with Crippen LogP contribution in [0, 0.1) is 5.82 Å². The Hall–Kier alpha value is -2.43. The molecule has 0 saturated heterocycles. The number of hydrogen-bond donors (Lipinski definition) is 1. The summed E-state index contributed by atoms with van der Waals surface area (Å²) in [7, 11) is 0. The van der Waals surface area contributed by atoms with Crippen molar-refractivity contribution in [2.24, 2.45) is 0 Å². The van der Waals surface area contributed by atoms with Crippen molar-refractivity contribution in [1.82, 2.24) is 14.6 Å². The Morgan fingerprint density at radius 1 is 1.14 bits per heavy atom. The first kappa shape index (κ1) is 13.5. The van der Waals surface area contributed by atoms with Gasteiger partial charge in [0.05, 0.1) is 6.20 Å². The van der Waals surface area contributed by atoms with Crippen LogP contribution in [0.1, 0.15) is 19.4 Å². The van der Waals surface area contributed by atoms with Crippen LogP contribution in [0.15, 0.2) is 48.7 Å². The van der Waals surface area contributed by atoms with Crippen LogP contribution in [-0.2, 0) is 5.41 Å². The molecular weight excluding hydrogens is 267 g/mol. The summed E-state index contributed by atoms with van der Waals surface area (Å²) in [6.45, 7) is 5.01. The third-order valence-corrected chi connectivity index (χ3v) is 3.54. The van der Waals surface area contributed by atoms with Crippen LogP contribution in [0.3, 0.4) is 0 Å². The van der Waals surface area contributed by atoms with Crippen LogP contribution in [0.25, 0.3) is 5.65 Å². The molecule has 2 heterocycles. The SMILES string of the molecule is CC(C)(CNc1nc2ccc(F)cn2n1)c1ccccc1. The standard InChI is InChI=1S/C16H17FN4/c1-16(2,12-6-4-3-5-7-12)11-18-15-19-14-9-8-13(17)10-21(14)20-15/h3-10H,11H2,1-2H3,(H,18,20). The van der Waals surface area contributed by atoms with Crippen LogP contribution in [-0.4, -0.2) is 21.1 Å². The first-order valence-electron chi connectivity index (χ1n) is 6.86. The maximum Gasteiger partial charge on any atom is 0.243 e. The van der Waals surface area contributed by atoms with Gasteiger partial charge in [-0.3, -0.25) is 0 Å². The van der Waals surface area contributed by atoms with Crippen molar-refractivity contribution >= 4 is 11.6 Å². The smallest absolute Gasteiger partial charge is 0.243 e. The number of benzene rings is 1. The summed E-state index contributed by atoms with van der Waals surface area (Å²) in [6, 6.07) is 13.3. The van der Waals surface area contributed by atoms with Gasteiger partial charge in [0.25, 0.3) is 0 Å².